The van der Waals surface area contributed by atoms with Crippen molar-refractivity contribution in [2.45, 2.75) is 31.9 Å². The van der Waals surface area contributed by atoms with Gasteiger partial charge in [0.25, 0.3) is 0 Å². The van der Waals surface area contributed by atoms with Gasteiger partial charge < -0.3 is 19.7 Å². The molecule has 7 heteroatoms. The van der Waals surface area contributed by atoms with Crippen LogP contribution in [0.3, 0.4) is 0 Å². The van der Waals surface area contributed by atoms with Gasteiger partial charge in [0.1, 0.15) is 11.4 Å². The highest BCUT2D eigenvalue weighted by Gasteiger charge is 2.24. The number of nitrogens with one attached hydrogen (secondary N) is 1. The van der Waals surface area contributed by atoms with E-state index >= 15 is 0 Å². The lowest BCUT2D eigenvalue weighted by Crippen LogP contribution is -2.46. The molecule has 0 radical (unpaired) electrons. The number of amides is 2. The number of hydrogen-bond acceptors (Lipinski definition) is 4. The van der Waals surface area contributed by atoms with Crippen molar-refractivity contribution < 1.29 is 14.3 Å². The summed E-state index contributed by atoms with van der Waals surface area (Å²) in [6.45, 7) is 3.40. The van der Waals surface area contributed by atoms with E-state index in [0.29, 0.717) is 0 Å². The van der Waals surface area contributed by atoms with Crippen LogP contribution in [0.15, 0.2) is 36.7 Å². The van der Waals surface area contributed by atoms with E-state index in [0.717, 1.165) is 42.9 Å². The third-order valence-electron chi connectivity index (χ3n) is 4.84. The molecule has 3 rings (SSSR count). The van der Waals surface area contributed by atoms with Gasteiger partial charge >= 0.3 is 6.03 Å². The van der Waals surface area contributed by atoms with Gasteiger partial charge in [-0.3, -0.25) is 0 Å². The van der Waals surface area contributed by atoms with E-state index < -0.39 is 0 Å². The van der Waals surface area contributed by atoms with Crippen molar-refractivity contribution in [1.82, 2.24) is 20.0 Å². The molecule has 0 bridgehead atoms. The van der Waals surface area contributed by atoms with E-state index in [4.69, 9.17) is 9.47 Å². The summed E-state index contributed by atoms with van der Waals surface area (Å²) in [5, 5.41) is 7.47. The summed E-state index contributed by atoms with van der Waals surface area (Å²) >= 11 is 0. The minimum absolute atomic E-state index is 0.0444. The van der Waals surface area contributed by atoms with Gasteiger partial charge in [0, 0.05) is 32.0 Å². The maximum absolute atomic E-state index is 12.5. The molecule has 2 amide bonds. The van der Waals surface area contributed by atoms with E-state index in [9.17, 15) is 4.79 Å². The van der Waals surface area contributed by atoms with E-state index in [1.807, 2.05) is 42.3 Å². The van der Waals surface area contributed by atoms with Crippen molar-refractivity contribution in [2.24, 2.45) is 0 Å². The summed E-state index contributed by atoms with van der Waals surface area (Å²) in [6, 6.07) is 7.52. The van der Waals surface area contributed by atoms with Gasteiger partial charge in [-0.1, -0.05) is 12.1 Å². The molecule has 1 unspecified atom stereocenters. The van der Waals surface area contributed by atoms with Gasteiger partial charge in [-0.15, -0.1) is 0 Å². The lowest BCUT2D eigenvalue weighted by molar-refractivity contribution is 0.0500. The molecule has 1 fully saturated rings. The lowest BCUT2D eigenvalue weighted by atomic mass is 10.1. The third-order valence-corrected chi connectivity index (χ3v) is 4.84. The predicted molar refractivity (Wildman–Crippen MR) is 98.7 cm³/mol. The number of likely N-dealkylation sites (tertiary alicyclic amines) is 1. The minimum Gasteiger partial charge on any atom is -0.494 e. The van der Waals surface area contributed by atoms with Crippen LogP contribution in [0.5, 0.6) is 5.75 Å². The number of methoxy groups -OCH3 is 2. The normalized spacial score (nSPS) is 16.3. The first-order valence-corrected chi connectivity index (χ1v) is 8.88. The highest BCUT2D eigenvalue weighted by atomic mass is 16.5. The summed E-state index contributed by atoms with van der Waals surface area (Å²) in [5.41, 5.74) is 1.80. The Kier molecular flexibility index (Phi) is 5.78. The first kappa shape index (κ1) is 18.3. The average molecular weight is 358 g/mol. The van der Waals surface area contributed by atoms with Crippen LogP contribution < -0.4 is 10.1 Å². The molecule has 1 atom stereocenters. The summed E-state index contributed by atoms with van der Waals surface area (Å²) in [6.07, 6.45) is 5.71. The van der Waals surface area contributed by atoms with Crippen molar-refractivity contribution >= 4 is 6.03 Å². The molecular weight excluding hydrogens is 332 g/mol. The molecule has 140 valence electrons. The Labute approximate surface area is 153 Å². The van der Waals surface area contributed by atoms with Crippen LogP contribution in [-0.2, 0) is 4.74 Å². The average Bonchev–Trinajstić information content (AvgIpc) is 3.18. The third kappa shape index (κ3) is 3.99. The van der Waals surface area contributed by atoms with Crippen LogP contribution in [0, 0.1) is 0 Å². The standard InChI is InChI=1S/C19H26N4O3/c1-14(21-19(24)22-10-8-16(25-2)9-11-22)15-12-20-23(13-15)17-6-4-5-7-18(17)26-3/h4-7,12-14,16H,8-11H2,1-3H3,(H,21,24). The van der Waals surface area contributed by atoms with Gasteiger partial charge in [0.05, 0.1) is 25.5 Å². The Hall–Kier alpha value is -2.54. The Bertz CT molecular complexity index is 738. The number of nitrogens with zero attached hydrogens (tertiary/aromatic N) is 3. The zero-order valence-corrected chi connectivity index (χ0v) is 15.5. The van der Waals surface area contributed by atoms with Gasteiger partial charge in [-0.25, -0.2) is 9.48 Å². The second-order valence-corrected chi connectivity index (χ2v) is 6.48. The Morgan fingerprint density at radius 2 is 2.00 bits per heavy atom. The number of hydrogen-bond donors (Lipinski definition) is 1. The topological polar surface area (TPSA) is 68.6 Å². The van der Waals surface area contributed by atoms with Crippen LogP contribution in [0.1, 0.15) is 31.4 Å². The van der Waals surface area contributed by atoms with Crippen LogP contribution in [0.25, 0.3) is 5.69 Å². The van der Waals surface area contributed by atoms with Crippen molar-refractivity contribution in [2.75, 3.05) is 27.3 Å². The largest absolute Gasteiger partial charge is 0.494 e. The van der Waals surface area contributed by atoms with Crippen LogP contribution in [0.4, 0.5) is 4.79 Å². The Balaban J connectivity index is 1.63. The molecule has 26 heavy (non-hydrogen) atoms. The van der Waals surface area contributed by atoms with Crippen molar-refractivity contribution in [1.29, 1.82) is 0 Å². The maximum atomic E-state index is 12.5. The number of para-hydroxylation sites is 2. The molecule has 1 aromatic heterocycles. The van der Waals surface area contributed by atoms with Gasteiger partial charge in [-0.05, 0) is 31.9 Å². The summed E-state index contributed by atoms with van der Waals surface area (Å²) in [5.74, 6) is 0.750. The SMILES string of the molecule is COc1ccccc1-n1cc(C(C)NC(=O)N2CCC(OC)CC2)cn1. The highest BCUT2D eigenvalue weighted by molar-refractivity contribution is 5.74. The monoisotopic (exact) mass is 358 g/mol. The number of carbonyl (C=O) groups excluding carboxylic acids is 1. The molecule has 1 aromatic carbocycles. The lowest BCUT2D eigenvalue weighted by Gasteiger charge is -2.32. The molecule has 0 saturated carbocycles. The first-order valence-electron chi connectivity index (χ1n) is 8.88. The second-order valence-electron chi connectivity index (χ2n) is 6.48. The molecule has 1 saturated heterocycles. The fraction of sp³-hybridized carbons (Fsp3) is 0.474. The van der Waals surface area contributed by atoms with E-state index in [1.165, 1.54) is 0 Å². The summed E-state index contributed by atoms with van der Waals surface area (Å²) in [7, 11) is 3.36. The number of rotatable bonds is 5. The number of urea groups is 1. The van der Waals surface area contributed by atoms with E-state index in [-0.39, 0.29) is 18.2 Å². The van der Waals surface area contributed by atoms with Crippen LogP contribution >= 0.6 is 0 Å². The highest BCUT2D eigenvalue weighted by Crippen LogP contribution is 2.23. The van der Waals surface area contributed by atoms with Crippen molar-refractivity contribution in [3.05, 3.63) is 42.2 Å². The molecular formula is C19H26N4O3. The van der Waals surface area contributed by atoms with E-state index in [1.54, 1.807) is 25.1 Å². The molecule has 7 nitrogen and oxygen atoms in total. The van der Waals surface area contributed by atoms with Crippen molar-refractivity contribution in [3.8, 4) is 11.4 Å². The molecule has 0 spiro atoms. The van der Waals surface area contributed by atoms with Crippen molar-refractivity contribution in [3.63, 3.8) is 0 Å². The van der Waals surface area contributed by atoms with Crippen LogP contribution in [0.2, 0.25) is 0 Å². The zero-order valence-electron chi connectivity index (χ0n) is 15.5. The van der Waals surface area contributed by atoms with Gasteiger partial charge in [-0.2, -0.15) is 5.10 Å². The molecule has 2 heterocycles. The summed E-state index contributed by atoms with van der Waals surface area (Å²) < 4.78 is 12.5. The van der Waals surface area contributed by atoms with Gasteiger partial charge in [0.15, 0.2) is 0 Å². The first-order chi connectivity index (χ1) is 12.6. The number of carbonyl (C=O) groups is 1. The summed E-state index contributed by atoms with van der Waals surface area (Å²) in [4.78, 5) is 14.3. The van der Waals surface area contributed by atoms with Crippen LogP contribution in [-0.4, -0.2) is 54.1 Å². The van der Waals surface area contributed by atoms with E-state index in [2.05, 4.69) is 10.4 Å². The molecule has 1 aliphatic rings. The number of piperidine rings is 1. The van der Waals surface area contributed by atoms with Gasteiger partial charge in [0.2, 0.25) is 0 Å². The zero-order chi connectivity index (χ0) is 18.5. The fourth-order valence-corrected chi connectivity index (χ4v) is 3.17. The number of aromatic nitrogens is 2. The number of ether oxygens (including phenoxy) is 2. The Morgan fingerprint density at radius 3 is 2.69 bits per heavy atom. The minimum atomic E-state index is -0.133. The fourth-order valence-electron chi connectivity index (χ4n) is 3.17. The molecule has 1 aliphatic heterocycles. The molecule has 0 aliphatic carbocycles. The predicted octanol–water partition coefficient (Wildman–Crippen LogP) is 2.76. The Morgan fingerprint density at radius 1 is 1.27 bits per heavy atom. The smallest absolute Gasteiger partial charge is 0.317 e. The molecule has 2 aromatic rings. The molecule has 1 N–H and O–H groups in total. The second kappa shape index (κ2) is 8.23. The maximum Gasteiger partial charge on any atom is 0.317 e. The quantitative estimate of drug-likeness (QED) is 0.892. The number of benzene rings is 1.